The highest BCUT2D eigenvalue weighted by Gasteiger charge is 2.17. The van der Waals surface area contributed by atoms with E-state index in [1.807, 2.05) is 0 Å². The molecule has 1 saturated heterocycles. The van der Waals surface area contributed by atoms with Crippen LogP contribution >= 0.6 is 0 Å². The second-order valence-electron chi connectivity index (χ2n) is 4.27. The normalized spacial score (nSPS) is 27.6. The van der Waals surface area contributed by atoms with Gasteiger partial charge >= 0.3 is 0 Å². The number of aryl methyl sites for hydroxylation is 1. The monoisotopic (exact) mass is 190 g/mol. The van der Waals surface area contributed by atoms with Crippen LogP contribution in [0.25, 0.3) is 0 Å². The van der Waals surface area contributed by atoms with Crippen molar-refractivity contribution in [3.05, 3.63) is 35.4 Å². The van der Waals surface area contributed by atoms with Crippen molar-refractivity contribution < 1.29 is 0 Å². The summed E-state index contributed by atoms with van der Waals surface area (Å²) >= 11 is 0. The molecule has 1 aliphatic heterocycles. The van der Waals surface area contributed by atoms with E-state index in [1.165, 1.54) is 11.1 Å². The van der Waals surface area contributed by atoms with Crippen LogP contribution in [0.2, 0.25) is 0 Å². The zero-order valence-electron chi connectivity index (χ0n) is 8.88. The molecule has 2 N–H and O–H groups in total. The third kappa shape index (κ3) is 2.14. The lowest BCUT2D eigenvalue weighted by Gasteiger charge is -2.29. The van der Waals surface area contributed by atoms with Gasteiger partial charge in [-0.15, -0.1) is 0 Å². The van der Waals surface area contributed by atoms with E-state index in [2.05, 4.69) is 48.7 Å². The standard InChI is InChI=1S/C12H18N2/c1-9-3-5-11(6-4-9)12-13-7-10(2)8-14-12/h3-6,10,12-14H,7-8H2,1-2H3. The van der Waals surface area contributed by atoms with Crippen LogP contribution in [0, 0.1) is 12.8 Å². The first-order valence-electron chi connectivity index (χ1n) is 5.29. The lowest BCUT2D eigenvalue weighted by atomic mass is 10.1. The molecule has 0 radical (unpaired) electrons. The summed E-state index contributed by atoms with van der Waals surface area (Å²) in [6.45, 7) is 6.58. The number of nitrogens with one attached hydrogen (secondary N) is 2. The Hall–Kier alpha value is -0.860. The van der Waals surface area contributed by atoms with Gasteiger partial charge in [-0.2, -0.15) is 0 Å². The average molecular weight is 190 g/mol. The Labute approximate surface area is 85.7 Å². The first kappa shape index (κ1) is 9.69. The molecular formula is C12H18N2. The summed E-state index contributed by atoms with van der Waals surface area (Å²) in [7, 11) is 0. The predicted molar refractivity (Wildman–Crippen MR) is 59.1 cm³/mol. The first-order valence-corrected chi connectivity index (χ1v) is 5.29. The Kier molecular flexibility index (Phi) is 2.85. The molecule has 0 bridgehead atoms. The molecule has 14 heavy (non-hydrogen) atoms. The second-order valence-corrected chi connectivity index (χ2v) is 4.27. The van der Waals surface area contributed by atoms with E-state index >= 15 is 0 Å². The van der Waals surface area contributed by atoms with Gasteiger partial charge in [-0.3, -0.25) is 10.6 Å². The maximum Gasteiger partial charge on any atom is 0.0835 e. The topological polar surface area (TPSA) is 24.1 Å². The highest BCUT2D eigenvalue weighted by atomic mass is 15.1. The largest absolute Gasteiger partial charge is 0.298 e. The minimum Gasteiger partial charge on any atom is -0.298 e. The third-order valence-corrected chi connectivity index (χ3v) is 2.75. The number of benzene rings is 1. The third-order valence-electron chi connectivity index (χ3n) is 2.75. The van der Waals surface area contributed by atoms with Crippen LogP contribution in [-0.4, -0.2) is 13.1 Å². The molecule has 2 nitrogen and oxygen atoms in total. The zero-order chi connectivity index (χ0) is 9.97. The Morgan fingerprint density at radius 1 is 1.07 bits per heavy atom. The highest BCUT2D eigenvalue weighted by molar-refractivity contribution is 5.24. The SMILES string of the molecule is Cc1ccc(C2NCC(C)CN2)cc1. The van der Waals surface area contributed by atoms with Crippen LogP contribution in [-0.2, 0) is 0 Å². The fourth-order valence-electron chi connectivity index (χ4n) is 1.78. The fourth-order valence-corrected chi connectivity index (χ4v) is 1.78. The van der Waals surface area contributed by atoms with Crippen LogP contribution in [0.4, 0.5) is 0 Å². The molecule has 0 amide bonds. The summed E-state index contributed by atoms with van der Waals surface area (Å²) < 4.78 is 0. The molecule has 1 fully saturated rings. The minimum atomic E-state index is 0.340. The molecule has 2 rings (SSSR count). The Morgan fingerprint density at radius 2 is 1.64 bits per heavy atom. The summed E-state index contributed by atoms with van der Waals surface area (Å²) in [5, 5.41) is 6.99. The lowest BCUT2D eigenvalue weighted by Crippen LogP contribution is -2.45. The van der Waals surface area contributed by atoms with E-state index in [1.54, 1.807) is 0 Å². The van der Waals surface area contributed by atoms with E-state index in [9.17, 15) is 0 Å². The van der Waals surface area contributed by atoms with Crippen LogP contribution in [0.3, 0.4) is 0 Å². The molecular weight excluding hydrogens is 172 g/mol. The Bertz CT molecular complexity index is 284. The van der Waals surface area contributed by atoms with Crippen LogP contribution < -0.4 is 10.6 Å². The van der Waals surface area contributed by atoms with Gasteiger partial charge in [-0.05, 0) is 18.4 Å². The molecule has 0 aliphatic carbocycles. The maximum atomic E-state index is 3.49. The van der Waals surface area contributed by atoms with Crippen molar-refractivity contribution in [3.63, 3.8) is 0 Å². The van der Waals surface area contributed by atoms with Gasteiger partial charge in [0, 0.05) is 13.1 Å². The number of rotatable bonds is 1. The highest BCUT2D eigenvalue weighted by Crippen LogP contribution is 2.14. The van der Waals surface area contributed by atoms with Crippen LogP contribution in [0.5, 0.6) is 0 Å². The zero-order valence-corrected chi connectivity index (χ0v) is 8.88. The Balaban J connectivity index is 2.05. The first-order chi connectivity index (χ1) is 6.75. The summed E-state index contributed by atoms with van der Waals surface area (Å²) in [5.74, 6) is 0.733. The van der Waals surface area contributed by atoms with E-state index in [0.717, 1.165) is 19.0 Å². The molecule has 2 heteroatoms. The molecule has 0 saturated carbocycles. The molecule has 1 aromatic carbocycles. The van der Waals surface area contributed by atoms with Crippen molar-refractivity contribution in [2.75, 3.05) is 13.1 Å². The van der Waals surface area contributed by atoms with Gasteiger partial charge in [0.25, 0.3) is 0 Å². The van der Waals surface area contributed by atoms with E-state index in [0.29, 0.717) is 6.17 Å². The van der Waals surface area contributed by atoms with Crippen molar-refractivity contribution in [2.45, 2.75) is 20.0 Å². The average Bonchev–Trinajstić information content (AvgIpc) is 2.21. The van der Waals surface area contributed by atoms with Crippen LogP contribution in [0.1, 0.15) is 24.2 Å². The lowest BCUT2D eigenvalue weighted by molar-refractivity contribution is 0.314. The molecule has 1 heterocycles. The summed E-state index contributed by atoms with van der Waals surface area (Å²) in [4.78, 5) is 0. The Morgan fingerprint density at radius 3 is 2.21 bits per heavy atom. The summed E-state index contributed by atoms with van der Waals surface area (Å²) in [6, 6.07) is 8.71. The molecule has 1 aliphatic rings. The molecule has 0 unspecified atom stereocenters. The van der Waals surface area contributed by atoms with Crippen molar-refractivity contribution in [1.82, 2.24) is 10.6 Å². The van der Waals surface area contributed by atoms with Gasteiger partial charge in [0.05, 0.1) is 6.17 Å². The number of hydrogen-bond donors (Lipinski definition) is 2. The van der Waals surface area contributed by atoms with E-state index in [-0.39, 0.29) is 0 Å². The van der Waals surface area contributed by atoms with Crippen molar-refractivity contribution >= 4 is 0 Å². The van der Waals surface area contributed by atoms with E-state index < -0.39 is 0 Å². The van der Waals surface area contributed by atoms with Crippen LogP contribution in [0.15, 0.2) is 24.3 Å². The van der Waals surface area contributed by atoms with E-state index in [4.69, 9.17) is 0 Å². The van der Waals surface area contributed by atoms with Crippen molar-refractivity contribution in [3.8, 4) is 0 Å². The smallest absolute Gasteiger partial charge is 0.0835 e. The maximum absolute atomic E-state index is 3.49. The van der Waals surface area contributed by atoms with Gasteiger partial charge in [-0.1, -0.05) is 36.8 Å². The predicted octanol–water partition coefficient (Wildman–Crippen LogP) is 1.82. The number of hydrogen-bond acceptors (Lipinski definition) is 2. The quantitative estimate of drug-likeness (QED) is 0.706. The molecule has 0 spiro atoms. The molecule has 0 atom stereocenters. The van der Waals surface area contributed by atoms with Crippen molar-refractivity contribution in [1.29, 1.82) is 0 Å². The molecule has 0 aromatic heterocycles. The van der Waals surface area contributed by atoms with Gasteiger partial charge in [0.2, 0.25) is 0 Å². The van der Waals surface area contributed by atoms with Gasteiger partial charge < -0.3 is 0 Å². The minimum absolute atomic E-state index is 0.340. The van der Waals surface area contributed by atoms with Gasteiger partial charge in [-0.25, -0.2) is 0 Å². The van der Waals surface area contributed by atoms with Gasteiger partial charge in [0.15, 0.2) is 0 Å². The van der Waals surface area contributed by atoms with Gasteiger partial charge in [0.1, 0.15) is 0 Å². The molecule has 76 valence electrons. The molecule has 1 aromatic rings. The summed E-state index contributed by atoms with van der Waals surface area (Å²) in [5.41, 5.74) is 2.65. The fraction of sp³-hybridized carbons (Fsp3) is 0.500. The van der Waals surface area contributed by atoms with Crippen molar-refractivity contribution in [2.24, 2.45) is 5.92 Å². The second kappa shape index (κ2) is 4.11. The summed E-state index contributed by atoms with van der Waals surface area (Å²) in [6.07, 6.45) is 0.340.